The lowest BCUT2D eigenvalue weighted by atomic mass is 10.1. The van der Waals surface area contributed by atoms with Gasteiger partial charge in [0, 0.05) is 6.54 Å². The van der Waals surface area contributed by atoms with E-state index in [9.17, 15) is 4.79 Å². The van der Waals surface area contributed by atoms with Crippen LogP contribution >= 0.6 is 0 Å². The molecule has 1 aromatic carbocycles. The van der Waals surface area contributed by atoms with Crippen LogP contribution < -0.4 is 5.32 Å². The van der Waals surface area contributed by atoms with Crippen molar-refractivity contribution in [1.82, 2.24) is 5.32 Å². The van der Waals surface area contributed by atoms with Gasteiger partial charge in [0.15, 0.2) is 0 Å². The number of amides is 1. The van der Waals surface area contributed by atoms with Gasteiger partial charge in [-0.2, -0.15) is 0 Å². The van der Waals surface area contributed by atoms with Gasteiger partial charge in [0.25, 0.3) is 0 Å². The van der Waals surface area contributed by atoms with Crippen molar-refractivity contribution in [3.8, 4) is 0 Å². The Morgan fingerprint density at radius 1 is 1.27 bits per heavy atom. The maximum atomic E-state index is 10.3. The molecule has 82 valence electrons. The van der Waals surface area contributed by atoms with Crippen LogP contribution in [0.2, 0.25) is 0 Å². The van der Waals surface area contributed by atoms with Crippen LogP contribution in [-0.4, -0.2) is 11.2 Å². The van der Waals surface area contributed by atoms with E-state index in [-0.39, 0.29) is 0 Å². The summed E-state index contributed by atoms with van der Waals surface area (Å²) in [5.74, 6) is 0. The van der Waals surface area contributed by atoms with Gasteiger partial charge in [-0.15, -0.1) is 0 Å². The van der Waals surface area contributed by atoms with E-state index >= 15 is 0 Å². The molecule has 0 radical (unpaired) electrons. The van der Waals surface area contributed by atoms with Crippen molar-refractivity contribution >= 4 is 6.09 Å². The van der Waals surface area contributed by atoms with E-state index in [1.165, 1.54) is 18.4 Å². The molecule has 15 heavy (non-hydrogen) atoms. The van der Waals surface area contributed by atoms with Crippen LogP contribution in [-0.2, 0) is 13.0 Å². The van der Waals surface area contributed by atoms with Gasteiger partial charge in [0.2, 0.25) is 0 Å². The van der Waals surface area contributed by atoms with Crippen LogP contribution in [0.1, 0.15) is 30.9 Å². The Kier molecular flexibility index (Phi) is 4.68. The molecule has 0 unspecified atom stereocenters. The average molecular weight is 207 g/mol. The Labute approximate surface area is 90.1 Å². The van der Waals surface area contributed by atoms with Crippen LogP contribution in [0.3, 0.4) is 0 Å². The van der Waals surface area contributed by atoms with Crippen molar-refractivity contribution in [1.29, 1.82) is 0 Å². The molecule has 1 aromatic rings. The largest absolute Gasteiger partial charge is 0.465 e. The fourth-order valence-corrected chi connectivity index (χ4v) is 1.38. The Morgan fingerprint density at radius 3 is 2.40 bits per heavy atom. The molecule has 0 atom stereocenters. The van der Waals surface area contributed by atoms with E-state index in [4.69, 9.17) is 5.11 Å². The number of hydrogen-bond acceptors (Lipinski definition) is 1. The fourth-order valence-electron chi connectivity index (χ4n) is 1.38. The maximum Gasteiger partial charge on any atom is 0.404 e. The van der Waals surface area contributed by atoms with Crippen LogP contribution in [0.5, 0.6) is 0 Å². The van der Waals surface area contributed by atoms with Crippen LogP contribution in [0.25, 0.3) is 0 Å². The fraction of sp³-hybridized carbons (Fsp3) is 0.417. The van der Waals surface area contributed by atoms with Crippen molar-refractivity contribution in [2.24, 2.45) is 0 Å². The van der Waals surface area contributed by atoms with Gasteiger partial charge >= 0.3 is 6.09 Å². The molecule has 1 rings (SSSR count). The van der Waals surface area contributed by atoms with E-state index in [0.717, 1.165) is 12.0 Å². The predicted molar refractivity (Wildman–Crippen MR) is 59.9 cm³/mol. The normalized spacial score (nSPS) is 9.93. The van der Waals surface area contributed by atoms with E-state index in [1.807, 2.05) is 12.1 Å². The number of rotatable bonds is 5. The molecule has 0 saturated heterocycles. The molecule has 0 aromatic heterocycles. The van der Waals surface area contributed by atoms with Crippen LogP contribution in [0.15, 0.2) is 24.3 Å². The SMILES string of the molecule is CCCCc1ccc(CNC(=O)O)cc1. The smallest absolute Gasteiger partial charge is 0.404 e. The van der Waals surface area contributed by atoms with E-state index in [1.54, 1.807) is 0 Å². The first kappa shape index (κ1) is 11.6. The van der Waals surface area contributed by atoms with Gasteiger partial charge in [-0.25, -0.2) is 4.79 Å². The summed E-state index contributed by atoms with van der Waals surface area (Å²) in [7, 11) is 0. The molecule has 1 amide bonds. The summed E-state index contributed by atoms with van der Waals surface area (Å²) in [5.41, 5.74) is 2.31. The van der Waals surface area contributed by atoms with Crippen molar-refractivity contribution in [3.05, 3.63) is 35.4 Å². The summed E-state index contributed by atoms with van der Waals surface area (Å²) in [6.45, 7) is 2.55. The molecule has 0 aliphatic rings. The van der Waals surface area contributed by atoms with E-state index in [2.05, 4.69) is 24.4 Å². The summed E-state index contributed by atoms with van der Waals surface area (Å²) in [6, 6.07) is 8.07. The molecule has 2 N–H and O–H groups in total. The van der Waals surface area contributed by atoms with Gasteiger partial charge in [-0.3, -0.25) is 0 Å². The number of nitrogens with one attached hydrogen (secondary N) is 1. The van der Waals surface area contributed by atoms with Gasteiger partial charge in [0.05, 0.1) is 0 Å². The maximum absolute atomic E-state index is 10.3. The van der Waals surface area contributed by atoms with Gasteiger partial charge in [0.1, 0.15) is 0 Å². The topological polar surface area (TPSA) is 49.3 Å². The highest BCUT2D eigenvalue weighted by atomic mass is 16.4. The lowest BCUT2D eigenvalue weighted by Gasteiger charge is -2.03. The first-order chi connectivity index (χ1) is 7.22. The number of carboxylic acid groups (broad SMARTS) is 1. The van der Waals surface area contributed by atoms with Gasteiger partial charge < -0.3 is 10.4 Å². The minimum absolute atomic E-state index is 0.378. The van der Waals surface area contributed by atoms with E-state index < -0.39 is 6.09 Å². The molecular weight excluding hydrogens is 190 g/mol. The molecule has 0 aliphatic heterocycles. The number of carbonyl (C=O) groups is 1. The molecule has 3 nitrogen and oxygen atoms in total. The Morgan fingerprint density at radius 2 is 1.87 bits per heavy atom. The monoisotopic (exact) mass is 207 g/mol. The van der Waals surface area contributed by atoms with Gasteiger partial charge in [-0.1, -0.05) is 37.6 Å². The third-order valence-corrected chi connectivity index (χ3v) is 2.29. The third-order valence-electron chi connectivity index (χ3n) is 2.29. The highest BCUT2D eigenvalue weighted by Crippen LogP contribution is 2.07. The second-order valence-corrected chi connectivity index (χ2v) is 3.58. The number of benzene rings is 1. The Bertz CT molecular complexity index is 306. The Balaban J connectivity index is 2.45. The lowest BCUT2D eigenvalue weighted by molar-refractivity contribution is 0.194. The first-order valence-corrected chi connectivity index (χ1v) is 5.27. The highest BCUT2D eigenvalue weighted by molar-refractivity contribution is 5.64. The number of unbranched alkanes of at least 4 members (excludes halogenated alkanes) is 1. The molecular formula is C12H17NO2. The van der Waals surface area contributed by atoms with Crippen molar-refractivity contribution < 1.29 is 9.90 Å². The quantitative estimate of drug-likeness (QED) is 0.780. The molecule has 0 spiro atoms. The number of hydrogen-bond donors (Lipinski definition) is 2. The first-order valence-electron chi connectivity index (χ1n) is 5.27. The van der Waals surface area contributed by atoms with Crippen molar-refractivity contribution in [2.75, 3.05) is 0 Å². The zero-order valence-electron chi connectivity index (χ0n) is 8.99. The zero-order chi connectivity index (χ0) is 11.1. The highest BCUT2D eigenvalue weighted by Gasteiger charge is 1.97. The minimum Gasteiger partial charge on any atom is -0.465 e. The van der Waals surface area contributed by atoms with Crippen molar-refractivity contribution in [2.45, 2.75) is 32.7 Å². The average Bonchev–Trinajstić information content (AvgIpc) is 2.25. The summed E-state index contributed by atoms with van der Waals surface area (Å²) in [5, 5.41) is 10.8. The zero-order valence-corrected chi connectivity index (χ0v) is 8.99. The summed E-state index contributed by atoms with van der Waals surface area (Å²) >= 11 is 0. The standard InChI is InChI=1S/C12H17NO2/c1-2-3-4-10-5-7-11(8-6-10)9-13-12(14)15/h5-8,13H,2-4,9H2,1H3,(H,14,15). The molecule has 0 fully saturated rings. The summed E-state index contributed by atoms with van der Waals surface area (Å²) in [4.78, 5) is 10.3. The molecule has 0 bridgehead atoms. The third kappa shape index (κ3) is 4.49. The summed E-state index contributed by atoms with van der Waals surface area (Å²) in [6.07, 6.45) is 2.52. The summed E-state index contributed by atoms with van der Waals surface area (Å²) < 4.78 is 0. The molecule has 3 heteroatoms. The van der Waals surface area contributed by atoms with Crippen LogP contribution in [0, 0.1) is 0 Å². The molecule has 0 heterocycles. The van der Waals surface area contributed by atoms with Gasteiger partial charge in [-0.05, 0) is 24.0 Å². The predicted octanol–water partition coefficient (Wildman–Crippen LogP) is 2.80. The van der Waals surface area contributed by atoms with Crippen molar-refractivity contribution in [3.63, 3.8) is 0 Å². The second-order valence-electron chi connectivity index (χ2n) is 3.58. The second kappa shape index (κ2) is 6.06. The van der Waals surface area contributed by atoms with Crippen LogP contribution in [0.4, 0.5) is 4.79 Å². The Hall–Kier alpha value is -1.51. The molecule has 0 aliphatic carbocycles. The number of aryl methyl sites for hydroxylation is 1. The lowest BCUT2D eigenvalue weighted by Crippen LogP contribution is -2.19. The molecule has 0 saturated carbocycles. The van der Waals surface area contributed by atoms with E-state index in [0.29, 0.717) is 6.54 Å². The minimum atomic E-state index is -0.981.